The van der Waals surface area contributed by atoms with Gasteiger partial charge in [-0.25, -0.2) is 0 Å². The van der Waals surface area contributed by atoms with E-state index >= 15 is 0 Å². The van der Waals surface area contributed by atoms with Crippen molar-refractivity contribution >= 4 is 32.3 Å². The van der Waals surface area contributed by atoms with Gasteiger partial charge in [0.1, 0.15) is 0 Å². The molecule has 0 radical (unpaired) electrons. The quantitative estimate of drug-likeness (QED) is 0.185. The molecule has 0 saturated carbocycles. The Bertz CT molecular complexity index is 2390. The molecule has 0 amide bonds. The molecule has 0 aliphatic heterocycles. The number of benzene rings is 8. The van der Waals surface area contributed by atoms with E-state index in [9.17, 15) is 0 Å². The maximum atomic E-state index is 2.37. The minimum atomic E-state index is -0.0427. The maximum Gasteiger partial charge on any atom is 0.0159 e. The third-order valence-corrected chi connectivity index (χ3v) is 10.0. The first-order valence-electron chi connectivity index (χ1n) is 15.9. The van der Waals surface area contributed by atoms with Gasteiger partial charge in [0.05, 0.1) is 0 Å². The minimum Gasteiger partial charge on any atom is -0.0622 e. The third-order valence-electron chi connectivity index (χ3n) is 10.0. The normalized spacial score (nSPS) is 13.3. The Morgan fingerprint density at radius 1 is 0.333 bits per heavy atom. The molecule has 9 rings (SSSR count). The van der Waals surface area contributed by atoms with E-state index in [2.05, 4.69) is 172 Å². The molecule has 0 unspecified atom stereocenters. The third kappa shape index (κ3) is 3.85. The first kappa shape index (κ1) is 26.0. The van der Waals surface area contributed by atoms with Crippen LogP contribution in [0.4, 0.5) is 0 Å². The van der Waals surface area contributed by atoms with E-state index in [1.165, 1.54) is 88.0 Å². The van der Waals surface area contributed by atoms with Crippen molar-refractivity contribution in [2.45, 2.75) is 19.3 Å². The lowest BCUT2D eigenvalue weighted by atomic mass is 9.80. The standard InChI is InChI=1S/C45H32/c1-45(2)40-21-11-10-19-38(40)44-39(20-12-22-41(44)45)43-36-17-8-6-15-34(36)42(35-16-7-9-18-37(35)43)33-26-25-31-27-30(23-24-32(31)28-33)29-13-4-3-5-14-29/h3-28H,1-2H3. The average Bonchev–Trinajstić information content (AvgIpc) is 3.33. The zero-order chi connectivity index (χ0) is 30.1. The van der Waals surface area contributed by atoms with Crippen LogP contribution in [-0.2, 0) is 5.41 Å². The minimum absolute atomic E-state index is 0.0427. The van der Waals surface area contributed by atoms with Crippen LogP contribution in [0.5, 0.6) is 0 Å². The second-order valence-electron chi connectivity index (χ2n) is 12.9. The second-order valence-corrected chi connectivity index (χ2v) is 12.9. The summed E-state index contributed by atoms with van der Waals surface area (Å²) in [5.41, 5.74) is 13.2. The van der Waals surface area contributed by atoms with Gasteiger partial charge in [0.25, 0.3) is 0 Å². The number of hydrogen-bond donors (Lipinski definition) is 0. The Morgan fingerprint density at radius 3 is 1.53 bits per heavy atom. The molecule has 0 N–H and O–H groups in total. The van der Waals surface area contributed by atoms with Gasteiger partial charge in [-0.1, -0.05) is 159 Å². The van der Waals surface area contributed by atoms with Crippen molar-refractivity contribution < 1.29 is 0 Å². The summed E-state index contributed by atoms with van der Waals surface area (Å²) in [6, 6.07) is 58.3. The fraction of sp³-hybridized carbons (Fsp3) is 0.0667. The number of hydrogen-bond acceptors (Lipinski definition) is 0. The fourth-order valence-electron chi connectivity index (χ4n) is 7.90. The highest BCUT2D eigenvalue weighted by molar-refractivity contribution is 6.23. The van der Waals surface area contributed by atoms with Crippen LogP contribution in [0, 0.1) is 0 Å². The van der Waals surface area contributed by atoms with Crippen LogP contribution in [0.1, 0.15) is 25.0 Å². The van der Waals surface area contributed by atoms with Gasteiger partial charge < -0.3 is 0 Å². The predicted octanol–water partition coefficient (Wildman–Crippen LogP) is 12.5. The zero-order valence-corrected chi connectivity index (χ0v) is 25.5. The fourth-order valence-corrected chi connectivity index (χ4v) is 7.90. The molecule has 1 aliphatic carbocycles. The molecular formula is C45H32. The second kappa shape index (κ2) is 9.78. The lowest BCUT2D eigenvalue weighted by Gasteiger charge is -2.22. The van der Waals surface area contributed by atoms with Crippen LogP contribution in [-0.4, -0.2) is 0 Å². The zero-order valence-electron chi connectivity index (χ0n) is 25.5. The van der Waals surface area contributed by atoms with Crippen molar-refractivity contribution in [2.24, 2.45) is 0 Å². The highest BCUT2D eigenvalue weighted by atomic mass is 14.4. The van der Waals surface area contributed by atoms with Crippen molar-refractivity contribution in [3.63, 3.8) is 0 Å². The van der Waals surface area contributed by atoms with Crippen molar-refractivity contribution in [1.29, 1.82) is 0 Å². The highest BCUT2D eigenvalue weighted by Gasteiger charge is 2.37. The summed E-state index contributed by atoms with van der Waals surface area (Å²) in [4.78, 5) is 0. The lowest BCUT2D eigenvalue weighted by Crippen LogP contribution is -2.14. The smallest absolute Gasteiger partial charge is 0.0159 e. The molecule has 0 heteroatoms. The molecule has 0 fully saturated rings. The summed E-state index contributed by atoms with van der Waals surface area (Å²) >= 11 is 0. The highest BCUT2D eigenvalue weighted by Crippen LogP contribution is 2.54. The molecule has 45 heavy (non-hydrogen) atoms. The monoisotopic (exact) mass is 572 g/mol. The predicted molar refractivity (Wildman–Crippen MR) is 193 cm³/mol. The molecule has 212 valence electrons. The van der Waals surface area contributed by atoms with E-state index in [0.29, 0.717) is 0 Å². The summed E-state index contributed by atoms with van der Waals surface area (Å²) < 4.78 is 0. The van der Waals surface area contributed by atoms with E-state index in [4.69, 9.17) is 0 Å². The van der Waals surface area contributed by atoms with E-state index < -0.39 is 0 Å². The molecular weight excluding hydrogens is 540 g/mol. The first-order chi connectivity index (χ1) is 22.1. The Labute approximate surface area is 264 Å². The Kier molecular flexibility index (Phi) is 5.64. The van der Waals surface area contributed by atoms with E-state index in [0.717, 1.165) is 0 Å². The summed E-state index contributed by atoms with van der Waals surface area (Å²) in [6.45, 7) is 4.73. The van der Waals surface area contributed by atoms with E-state index in [-0.39, 0.29) is 5.41 Å². The van der Waals surface area contributed by atoms with Crippen molar-refractivity contribution in [3.05, 3.63) is 169 Å². The van der Waals surface area contributed by atoms with Crippen LogP contribution in [0.25, 0.3) is 76.8 Å². The SMILES string of the molecule is CC1(C)c2ccccc2-c2c(-c3c4ccccc4c(-c4ccc5cc(-c6ccccc6)ccc5c4)c4ccccc34)cccc21. The number of fused-ring (bicyclic) bond motifs is 6. The summed E-state index contributed by atoms with van der Waals surface area (Å²) in [6.07, 6.45) is 0. The molecule has 0 aromatic heterocycles. The molecule has 0 spiro atoms. The van der Waals surface area contributed by atoms with Gasteiger partial charge in [-0.3, -0.25) is 0 Å². The molecule has 8 aromatic rings. The lowest BCUT2D eigenvalue weighted by molar-refractivity contribution is 0.660. The summed E-state index contributed by atoms with van der Waals surface area (Å²) in [5.74, 6) is 0. The molecule has 1 aliphatic rings. The van der Waals surface area contributed by atoms with Gasteiger partial charge in [0.2, 0.25) is 0 Å². The van der Waals surface area contributed by atoms with Gasteiger partial charge in [0, 0.05) is 5.41 Å². The van der Waals surface area contributed by atoms with E-state index in [1.807, 2.05) is 0 Å². The molecule has 0 saturated heterocycles. The summed E-state index contributed by atoms with van der Waals surface area (Å²) in [5, 5.41) is 7.67. The van der Waals surface area contributed by atoms with Gasteiger partial charge in [-0.05, 0) is 100 Å². The largest absolute Gasteiger partial charge is 0.0622 e. The van der Waals surface area contributed by atoms with Gasteiger partial charge in [0.15, 0.2) is 0 Å². The Hall–Kier alpha value is -5.46. The van der Waals surface area contributed by atoms with Gasteiger partial charge in [-0.2, -0.15) is 0 Å². The van der Waals surface area contributed by atoms with Crippen LogP contribution >= 0.6 is 0 Å². The maximum absolute atomic E-state index is 2.37. The van der Waals surface area contributed by atoms with Crippen LogP contribution < -0.4 is 0 Å². The Morgan fingerprint density at radius 2 is 0.844 bits per heavy atom. The van der Waals surface area contributed by atoms with Crippen LogP contribution in [0.3, 0.4) is 0 Å². The van der Waals surface area contributed by atoms with Crippen molar-refractivity contribution in [3.8, 4) is 44.5 Å². The molecule has 8 aromatic carbocycles. The van der Waals surface area contributed by atoms with Crippen molar-refractivity contribution in [2.75, 3.05) is 0 Å². The van der Waals surface area contributed by atoms with Crippen LogP contribution in [0.15, 0.2) is 158 Å². The summed E-state index contributed by atoms with van der Waals surface area (Å²) in [7, 11) is 0. The average molecular weight is 573 g/mol. The number of rotatable bonds is 3. The van der Waals surface area contributed by atoms with Gasteiger partial charge in [-0.15, -0.1) is 0 Å². The Balaban J connectivity index is 1.31. The topological polar surface area (TPSA) is 0 Å². The van der Waals surface area contributed by atoms with E-state index in [1.54, 1.807) is 0 Å². The van der Waals surface area contributed by atoms with Crippen molar-refractivity contribution in [1.82, 2.24) is 0 Å². The molecule has 0 heterocycles. The van der Waals surface area contributed by atoms with Crippen LogP contribution in [0.2, 0.25) is 0 Å². The molecule has 0 atom stereocenters. The van der Waals surface area contributed by atoms with Gasteiger partial charge >= 0.3 is 0 Å². The molecule has 0 bridgehead atoms. The molecule has 0 nitrogen and oxygen atoms in total. The first-order valence-corrected chi connectivity index (χ1v) is 15.9.